The predicted molar refractivity (Wildman–Crippen MR) is 148 cm³/mol. The van der Waals surface area contributed by atoms with Crippen LogP contribution in [0.5, 0.6) is 0 Å². The molecule has 0 aromatic heterocycles. The number of nitrogens with two attached hydrogens (primary N) is 1. The van der Waals surface area contributed by atoms with E-state index < -0.39 is 5.41 Å². The molecule has 1 atom stereocenters. The number of ether oxygens (including phenoxy) is 1. The Morgan fingerprint density at radius 1 is 1.05 bits per heavy atom. The summed E-state index contributed by atoms with van der Waals surface area (Å²) in [5, 5.41) is 10.6. The molecule has 204 valence electrons. The molecule has 3 rings (SSSR count). The van der Waals surface area contributed by atoms with Gasteiger partial charge in [-0.1, -0.05) is 55.8 Å². The average Bonchev–Trinajstić information content (AvgIpc) is 2.92. The Morgan fingerprint density at radius 2 is 1.66 bits per heavy atom. The third kappa shape index (κ3) is 7.66. The first-order valence-electron chi connectivity index (χ1n) is 13.4. The molecule has 38 heavy (non-hydrogen) atoms. The molecule has 0 saturated carbocycles. The molecule has 0 spiro atoms. The van der Waals surface area contributed by atoms with Crippen molar-refractivity contribution in [2.75, 3.05) is 13.1 Å². The first-order chi connectivity index (χ1) is 18.1. The Hall–Kier alpha value is -3.68. The maximum absolute atomic E-state index is 13.6. The number of nitrogens with one attached hydrogen (secondary N) is 2. The van der Waals surface area contributed by atoms with Crippen LogP contribution in [-0.4, -0.2) is 47.7 Å². The Labute approximate surface area is 225 Å². The molecule has 2 aromatic rings. The third-order valence-corrected chi connectivity index (χ3v) is 7.36. The number of nitrogens with zero attached hydrogens (tertiary/aromatic N) is 1. The van der Waals surface area contributed by atoms with Crippen LogP contribution in [0.4, 0.5) is 0 Å². The molecule has 0 aliphatic carbocycles. The standard InChI is InChI=1S/C30H40N4O4/c1-4-8-25(33-28(36)24-13-11-23(12-14-24)27(31)32)30(2,3)29(37)34-17-15-21(16-18-34)19-26(35)38-20-22-9-6-5-7-10-22/h5-7,9-14,21,25H,4,8,15-20H2,1-3H3,(H3,31,32)(H,33,36). The van der Waals surface area contributed by atoms with Crippen molar-refractivity contribution in [1.82, 2.24) is 10.2 Å². The van der Waals surface area contributed by atoms with Gasteiger partial charge in [0, 0.05) is 36.7 Å². The lowest BCUT2D eigenvalue weighted by molar-refractivity contribution is -0.147. The predicted octanol–water partition coefficient (Wildman–Crippen LogP) is 4.27. The molecule has 0 radical (unpaired) electrons. The highest BCUT2D eigenvalue weighted by molar-refractivity contribution is 5.98. The zero-order valence-corrected chi connectivity index (χ0v) is 22.7. The largest absolute Gasteiger partial charge is 0.461 e. The fraction of sp³-hybridized carbons (Fsp3) is 0.467. The summed E-state index contributed by atoms with van der Waals surface area (Å²) in [5.41, 5.74) is 6.68. The minimum Gasteiger partial charge on any atom is -0.461 e. The fourth-order valence-corrected chi connectivity index (χ4v) is 4.87. The summed E-state index contributed by atoms with van der Waals surface area (Å²) in [4.78, 5) is 40.8. The van der Waals surface area contributed by atoms with Crippen LogP contribution in [0.15, 0.2) is 54.6 Å². The summed E-state index contributed by atoms with van der Waals surface area (Å²) in [6, 6.07) is 15.8. The van der Waals surface area contributed by atoms with Crippen LogP contribution in [0.1, 0.15) is 74.4 Å². The summed E-state index contributed by atoms with van der Waals surface area (Å²) in [6.07, 6.45) is 3.33. The van der Waals surface area contributed by atoms with Gasteiger partial charge in [0.15, 0.2) is 0 Å². The van der Waals surface area contributed by atoms with E-state index in [0.717, 1.165) is 24.8 Å². The molecule has 2 aromatic carbocycles. The highest BCUT2D eigenvalue weighted by Crippen LogP contribution is 2.30. The van der Waals surface area contributed by atoms with E-state index in [-0.39, 0.29) is 42.2 Å². The summed E-state index contributed by atoms with van der Waals surface area (Å²) in [6.45, 7) is 7.25. The molecule has 1 unspecified atom stereocenters. The number of benzene rings is 2. The van der Waals surface area contributed by atoms with Crippen molar-refractivity contribution < 1.29 is 19.1 Å². The number of rotatable bonds is 11. The van der Waals surface area contributed by atoms with E-state index in [1.165, 1.54) is 0 Å². The van der Waals surface area contributed by atoms with Gasteiger partial charge in [0.1, 0.15) is 12.4 Å². The topological polar surface area (TPSA) is 126 Å². The highest BCUT2D eigenvalue weighted by atomic mass is 16.5. The van der Waals surface area contributed by atoms with Crippen molar-refractivity contribution in [1.29, 1.82) is 5.41 Å². The number of piperidine rings is 1. The van der Waals surface area contributed by atoms with Crippen molar-refractivity contribution in [3.63, 3.8) is 0 Å². The molecular weight excluding hydrogens is 480 g/mol. The minimum absolute atomic E-state index is 0.00767. The molecule has 1 fully saturated rings. The molecule has 0 bridgehead atoms. The van der Waals surface area contributed by atoms with Gasteiger partial charge in [0.05, 0.1) is 5.41 Å². The normalized spacial score (nSPS) is 15.0. The molecule has 1 aliphatic rings. The van der Waals surface area contributed by atoms with Gasteiger partial charge in [-0.05, 0) is 56.7 Å². The van der Waals surface area contributed by atoms with E-state index in [1.807, 2.05) is 56.0 Å². The van der Waals surface area contributed by atoms with Crippen LogP contribution in [-0.2, 0) is 20.9 Å². The van der Waals surface area contributed by atoms with E-state index >= 15 is 0 Å². The Kier molecular flexibility index (Phi) is 10.0. The lowest BCUT2D eigenvalue weighted by Gasteiger charge is -2.40. The highest BCUT2D eigenvalue weighted by Gasteiger charge is 2.41. The lowest BCUT2D eigenvalue weighted by atomic mass is 9.79. The maximum Gasteiger partial charge on any atom is 0.306 e. The van der Waals surface area contributed by atoms with Crippen molar-refractivity contribution in [3.05, 3.63) is 71.3 Å². The smallest absolute Gasteiger partial charge is 0.306 e. The minimum atomic E-state index is -0.799. The first-order valence-corrected chi connectivity index (χ1v) is 13.4. The van der Waals surface area contributed by atoms with Crippen LogP contribution in [0.3, 0.4) is 0 Å². The van der Waals surface area contributed by atoms with Gasteiger partial charge in [0.25, 0.3) is 5.91 Å². The number of amides is 2. The Morgan fingerprint density at radius 3 is 2.24 bits per heavy atom. The number of esters is 1. The number of carbonyl (C=O) groups is 3. The van der Waals surface area contributed by atoms with Crippen molar-refractivity contribution in [3.8, 4) is 0 Å². The second kappa shape index (κ2) is 13.2. The van der Waals surface area contributed by atoms with E-state index in [0.29, 0.717) is 37.1 Å². The first kappa shape index (κ1) is 28.9. The van der Waals surface area contributed by atoms with Gasteiger partial charge < -0.3 is 20.7 Å². The molecule has 2 amide bonds. The molecule has 8 heteroatoms. The van der Waals surface area contributed by atoms with Gasteiger partial charge in [-0.15, -0.1) is 0 Å². The van der Waals surface area contributed by atoms with Gasteiger partial charge in [-0.3, -0.25) is 19.8 Å². The van der Waals surface area contributed by atoms with Gasteiger partial charge in [-0.25, -0.2) is 0 Å². The molecule has 1 heterocycles. The number of hydrogen-bond acceptors (Lipinski definition) is 5. The van der Waals surface area contributed by atoms with Gasteiger partial charge in [0.2, 0.25) is 5.91 Å². The molecule has 1 aliphatic heterocycles. The fourth-order valence-electron chi connectivity index (χ4n) is 4.87. The number of amidine groups is 1. The second-order valence-corrected chi connectivity index (χ2v) is 10.6. The van der Waals surface area contributed by atoms with Crippen LogP contribution in [0, 0.1) is 16.7 Å². The van der Waals surface area contributed by atoms with E-state index in [2.05, 4.69) is 5.32 Å². The number of carbonyl (C=O) groups excluding carboxylic acids is 3. The number of likely N-dealkylation sites (tertiary alicyclic amines) is 1. The zero-order valence-electron chi connectivity index (χ0n) is 22.7. The van der Waals surface area contributed by atoms with Crippen molar-refractivity contribution >= 4 is 23.6 Å². The van der Waals surface area contributed by atoms with Gasteiger partial charge >= 0.3 is 5.97 Å². The number of nitrogen functional groups attached to an aromatic ring is 1. The van der Waals surface area contributed by atoms with E-state index in [1.54, 1.807) is 24.3 Å². The van der Waals surface area contributed by atoms with Crippen molar-refractivity contribution in [2.45, 2.75) is 65.5 Å². The van der Waals surface area contributed by atoms with Crippen LogP contribution >= 0.6 is 0 Å². The third-order valence-electron chi connectivity index (χ3n) is 7.36. The van der Waals surface area contributed by atoms with Crippen LogP contribution in [0.25, 0.3) is 0 Å². The van der Waals surface area contributed by atoms with E-state index in [4.69, 9.17) is 15.9 Å². The molecule has 8 nitrogen and oxygen atoms in total. The second-order valence-electron chi connectivity index (χ2n) is 10.6. The van der Waals surface area contributed by atoms with E-state index in [9.17, 15) is 14.4 Å². The van der Waals surface area contributed by atoms with Crippen LogP contribution in [0.2, 0.25) is 0 Å². The quantitative estimate of drug-likeness (QED) is 0.232. The Bertz CT molecular complexity index is 1110. The maximum atomic E-state index is 13.6. The summed E-state index contributed by atoms with van der Waals surface area (Å²) in [5.74, 6) is -0.323. The SMILES string of the molecule is CCCC(NC(=O)c1ccc(C(=N)N)cc1)C(C)(C)C(=O)N1CCC(CC(=O)OCc2ccccc2)CC1. The molecular formula is C30H40N4O4. The number of hydrogen-bond donors (Lipinski definition) is 3. The van der Waals surface area contributed by atoms with Gasteiger partial charge in [-0.2, -0.15) is 0 Å². The molecule has 1 saturated heterocycles. The average molecular weight is 521 g/mol. The lowest BCUT2D eigenvalue weighted by Crippen LogP contribution is -2.55. The zero-order chi connectivity index (χ0) is 27.7. The van der Waals surface area contributed by atoms with Crippen molar-refractivity contribution in [2.24, 2.45) is 17.1 Å². The summed E-state index contributed by atoms with van der Waals surface area (Å²) >= 11 is 0. The van der Waals surface area contributed by atoms with Crippen LogP contribution < -0.4 is 11.1 Å². The summed E-state index contributed by atoms with van der Waals surface area (Å²) < 4.78 is 5.43. The monoisotopic (exact) mass is 520 g/mol. The molecule has 4 N–H and O–H groups in total. The summed E-state index contributed by atoms with van der Waals surface area (Å²) in [7, 11) is 0. The Balaban J connectivity index is 1.53.